The Morgan fingerprint density at radius 2 is 2.06 bits per heavy atom. The minimum absolute atomic E-state index is 0.0828. The lowest BCUT2D eigenvalue weighted by molar-refractivity contribution is -0.141. The van der Waals surface area contributed by atoms with Crippen LogP contribution in [0.25, 0.3) is 0 Å². The van der Waals surface area contributed by atoms with Crippen LogP contribution in [0.3, 0.4) is 0 Å². The molecule has 0 spiro atoms. The van der Waals surface area contributed by atoms with Crippen molar-refractivity contribution in [3.63, 3.8) is 0 Å². The zero-order valence-electron chi connectivity index (χ0n) is 9.73. The highest BCUT2D eigenvalue weighted by Gasteiger charge is 2.29. The predicted molar refractivity (Wildman–Crippen MR) is 59.9 cm³/mol. The highest BCUT2D eigenvalue weighted by Crippen LogP contribution is 2.21. The first kappa shape index (κ1) is 11.9. The summed E-state index contributed by atoms with van der Waals surface area (Å²) in [7, 11) is 0. The number of hydrogen-bond acceptors (Lipinski definition) is 3. The Labute approximate surface area is 96.6 Å². The average molecular weight is 227 g/mol. The smallest absolute Gasteiger partial charge is 0.228 e. The van der Waals surface area contributed by atoms with Crippen LogP contribution in [0.5, 0.6) is 0 Å². The van der Waals surface area contributed by atoms with Gasteiger partial charge >= 0.3 is 0 Å². The molecule has 92 valence electrons. The predicted octanol–water partition coefficient (Wildman–Crippen LogP) is 0.644. The monoisotopic (exact) mass is 227 g/mol. The number of piperidine rings is 1. The summed E-state index contributed by atoms with van der Waals surface area (Å²) in [6.45, 7) is 3.27. The lowest BCUT2D eigenvalue weighted by atomic mass is 9.95. The van der Waals surface area contributed by atoms with Gasteiger partial charge in [0, 0.05) is 26.3 Å². The summed E-state index contributed by atoms with van der Waals surface area (Å²) in [5, 5.41) is 9.04. The summed E-state index contributed by atoms with van der Waals surface area (Å²) in [5.74, 6) is 0.738. The second kappa shape index (κ2) is 5.64. The number of rotatable bonds is 2. The van der Waals surface area contributed by atoms with Crippen molar-refractivity contribution in [2.24, 2.45) is 11.8 Å². The summed E-state index contributed by atoms with van der Waals surface area (Å²) in [6, 6.07) is 0. The fourth-order valence-corrected chi connectivity index (χ4v) is 2.53. The highest BCUT2D eigenvalue weighted by atomic mass is 16.5. The molecule has 2 aliphatic rings. The number of carbonyl (C=O) groups excluding carboxylic acids is 1. The molecule has 1 atom stereocenters. The summed E-state index contributed by atoms with van der Waals surface area (Å²) >= 11 is 0. The van der Waals surface area contributed by atoms with E-state index in [1.165, 1.54) is 0 Å². The second-order valence-electron chi connectivity index (χ2n) is 4.87. The van der Waals surface area contributed by atoms with Crippen LogP contribution in [0.2, 0.25) is 0 Å². The molecule has 1 unspecified atom stereocenters. The molecule has 4 nitrogen and oxygen atoms in total. The first-order valence-corrected chi connectivity index (χ1v) is 6.28. The molecule has 0 aromatic carbocycles. The van der Waals surface area contributed by atoms with Crippen LogP contribution in [0.15, 0.2) is 0 Å². The van der Waals surface area contributed by atoms with Crippen molar-refractivity contribution in [3.8, 4) is 0 Å². The van der Waals surface area contributed by atoms with E-state index in [9.17, 15) is 4.79 Å². The van der Waals surface area contributed by atoms with Gasteiger partial charge in [-0.1, -0.05) is 0 Å². The summed E-state index contributed by atoms with van der Waals surface area (Å²) in [4.78, 5) is 14.1. The Morgan fingerprint density at radius 3 is 2.62 bits per heavy atom. The van der Waals surface area contributed by atoms with Crippen molar-refractivity contribution in [1.82, 2.24) is 4.90 Å². The minimum atomic E-state index is 0.0828. The van der Waals surface area contributed by atoms with Gasteiger partial charge in [0.2, 0.25) is 5.91 Å². The third-order valence-corrected chi connectivity index (χ3v) is 3.69. The van der Waals surface area contributed by atoms with Crippen molar-refractivity contribution in [1.29, 1.82) is 0 Å². The number of likely N-dealkylation sites (tertiary alicyclic amines) is 1. The zero-order valence-corrected chi connectivity index (χ0v) is 9.73. The molecule has 1 N–H and O–H groups in total. The fourth-order valence-electron chi connectivity index (χ4n) is 2.53. The Kier molecular flexibility index (Phi) is 4.18. The molecule has 16 heavy (non-hydrogen) atoms. The van der Waals surface area contributed by atoms with Crippen molar-refractivity contribution in [3.05, 3.63) is 0 Å². The van der Waals surface area contributed by atoms with E-state index >= 15 is 0 Å². The molecule has 0 saturated carbocycles. The standard InChI is InChI=1S/C12H21NO3/c14-8-10-3-5-13(6-4-10)12(15)11-2-1-7-16-9-11/h10-11,14H,1-9H2. The van der Waals surface area contributed by atoms with Crippen LogP contribution >= 0.6 is 0 Å². The third-order valence-electron chi connectivity index (χ3n) is 3.69. The van der Waals surface area contributed by atoms with E-state index in [4.69, 9.17) is 9.84 Å². The summed E-state index contributed by atoms with van der Waals surface area (Å²) in [5.41, 5.74) is 0. The van der Waals surface area contributed by atoms with E-state index in [0.29, 0.717) is 12.5 Å². The number of hydrogen-bond donors (Lipinski definition) is 1. The van der Waals surface area contributed by atoms with E-state index in [1.54, 1.807) is 0 Å². The van der Waals surface area contributed by atoms with Gasteiger partial charge in [0.25, 0.3) is 0 Å². The van der Waals surface area contributed by atoms with Crippen LogP contribution in [0, 0.1) is 11.8 Å². The maximum absolute atomic E-state index is 12.1. The van der Waals surface area contributed by atoms with Gasteiger partial charge in [-0.15, -0.1) is 0 Å². The quantitative estimate of drug-likeness (QED) is 0.753. The van der Waals surface area contributed by atoms with E-state index < -0.39 is 0 Å². The number of nitrogens with zero attached hydrogens (tertiary/aromatic N) is 1. The Bertz CT molecular complexity index is 230. The van der Waals surface area contributed by atoms with E-state index in [2.05, 4.69) is 0 Å². The number of carbonyl (C=O) groups is 1. The largest absolute Gasteiger partial charge is 0.396 e. The first-order valence-electron chi connectivity index (χ1n) is 6.28. The van der Waals surface area contributed by atoms with Gasteiger partial charge in [-0.2, -0.15) is 0 Å². The molecule has 2 aliphatic heterocycles. The van der Waals surface area contributed by atoms with Gasteiger partial charge in [-0.05, 0) is 31.6 Å². The van der Waals surface area contributed by atoms with Crippen molar-refractivity contribution >= 4 is 5.91 Å². The van der Waals surface area contributed by atoms with Crippen LogP contribution in [-0.4, -0.2) is 48.8 Å². The number of amides is 1. The van der Waals surface area contributed by atoms with E-state index in [0.717, 1.165) is 45.4 Å². The molecule has 2 saturated heterocycles. The Balaban J connectivity index is 1.81. The zero-order chi connectivity index (χ0) is 11.4. The molecule has 0 aliphatic carbocycles. The Morgan fingerprint density at radius 1 is 1.31 bits per heavy atom. The van der Waals surface area contributed by atoms with E-state index in [-0.39, 0.29) is 18.4 Å². The van der Waals surface area contributed by atoms with Crippen LogP contribution in [0.1, 0.15) is 25.7 Å². The van der Waals surface area contributed by atoms with E-state index in [1.807, 2.05) is 4.90 Å². The molecule has 0 aromatic heterocycles. The molecule has 1 amide bonds. The van der Waals surface area contributed by atoms with Crippen LogP contribution < -0.4 is 0 Å². The van der Waals surface area contributed by atoms with Gasteiger partial charge in [-0.25, -0.2) is 0 Å². The minimum Gasteiger partial charge on any atom is -0.396 e. The molecule has 2 heterocycles. The van der Waals surface area contributed by atoms with Gasteiger partial charge in [0.05, 0.1) is 12.5 Å². The lowest BCUT2D eigenvalue weighted by Crippen LogP contribution is -2.44. The topological polar surface area (TPSA) is 49.8 Å². The Hall–Kier alpha value is -0.610. The highest BCUT2D eigenvalue weighted by molar-refractivity contribution is 5.79. The van der Waals surface area contributed by atoms with Crippen LogP contribution in [-0.2, 0) is 9.53 Å². The number of aliphatic hydroxyl groups is 1. The van der Waals surface area contributed by atoms with Crippen molar-refractivity contribution < 1.29 is 14.6 Å². The molecule has 0 aromatic rings. The number of aliphatic hydroxyl groups excluding tert-OH is 1. The molecule has 4 heteroatoms. The normalized spacial score (nSPS) is 28.1. The van der Waals surface area contributed by atoms with Crippen molar-refractivity contribution in [2.45, 2.75) is 25.7 Å². The first-order chi connectivity index (χ1) is 7.81. The maximum Gasteiger partial charge on any atom is 0.228 e. The third kappa shape index (κ3) is 2.74. The van der Waals surface area contributed by atoms with Gasteiger partial charge in [0.1, 0.15) is 0 Å². The van der Waals surface area contributed by atoms with Gasteiger partial charge in [0.15, 0.2) is 0 Å². The molecule has 2 fully saturated rings. The summed E-state index contributed by atoms with van der Waals surface area (Å²) in [6.07, 6.45) is 3.86. The molecule has 0 bridgehead atoms. The van der Waals surface area contributed by atoms with Crippen LogP contribution in [0.4, 0.5) is 0 Å². The SMILES string of the molecule is O=C(C1CCCOC1)N1CCC(CO)CC1. The molecular weight excluding hydrogens is 206 g/mol. The maximum atomic E-state index is 12.1. The molecule has 2 rings (SSSR count). The lowest BCUT2D eigenvalue weighted by Gasteiger charge is -2.34. The van der Waals surface area contributed by atoms with Gasteiger partial charge < -0.3 is 14.7 Å². The fraction of sp³-hybridized carbons (Fsp3) is 0.917. The van der Waals surface area contributed by atoms with Crippen molar-refractivity contribution in [2.75, 3.05) is 32.9 Å². The molecular formula is C12H21NO3. The average Bonchev–Trinajstić information content (AvgIpc) is 2.39. The second-order valence-corrected chi connectivity index (χ2v) is 4.87. The summed E-state index contributed by atoms with van der Waals surface area (Å²) < 4.78 is 5.35. The number of ether oxygens (including phenoxy) is 1. The molecule has 0 radical (unpaired) electrons. The van der Waals surface area contributed by atoms with Gasteiger partial charge in [-0.3, -0.25) is 4.79 Å².